The van der Waals surface area contributed by atoms with E-state index in [2.05, 4.69) is 15.5 Å². The molecule has 0 saturated carbocycles. The second-order valence-electron chi connectivity index (χ2n) is 4.24. The van der Waals surface area contributed by atoms with Gasteiger partial charge in [-0.05, 0) is 17.3 Å². The predicted molar refractivity (Wildman–Crippen MR) is 73.8 cm³/mol. The normalized spacial score (nSPS) is 11.8. The van der Waals surface area contributed by atoms with Crippen LogP contribution in [0.2, 0.25) is 0 Å². The average Bonchev–Trinajstić information content (AvgIpc) is 2.86. The smallest absolute Gasteiger partial charge is 0.338 e. The molecule has 2 rings (SSSR count). The zero-order valence-corrected chi connectivity index (χ0v) is 11.9. The SMILES string of the molecule is FC(F)(F)SCCNCc1nc(Cc2ccccc2)no1. The van der Waals surface area contributed by atoms with Gasteiger partial charge < -0.3 is 9.84 Å². The van der Waals surface area contributed by atoms with Gasteiger partial charge in [-0.1, -0.05) is 35.5 Å². The van der Waals surface area contributed by atoms with Gasteiger partial charge in [0, 0.05) is 18.7 Å². The number of nitrogens with zero attached hydrogens (tertiary/aromatic N) is 2. The van der Waals surface area contributed by atoms with E-state index in [1.807, 2.05) is 30.3 Å². The lowest BCUT2D eigenvalue weighted by atomic mass is 10.1. The molecule has 0 unspecified atom stereocenters. The van der Waals surface area contributed by atoms with E-state index in [1.54, 1.807) is 0 Å². The monoisotopic (exact) mass is 317 g/mol. The Morgan fingerprint density at radius 3 is 2.67 bits per heavy atom. The lowest BCUT2D eigenvalue weighted by Crippen LogP contribution is -2.18. The summed E-state index contributed by atoms with van der Waals surface area (Å²) >= 11 is -0.0534. The molecule has 8 heteroatoms. The van der Waals surface area contributed by atoms with Gasteiger partial charge in [0.15, 0.2) is 5.82 Å². The van der Waals surface area contributed by atoms with Gasteiger partial charge in [-0.2, -0.15) is 18.2 Å². The summed E-state index contributed by atoms with van der Waals surface area (Å²) in [5.41, 5.74) is -3.12. The summed E-state index contributed by atoms with van der Waals surface area (Å²) in [6.45, 7) is 0.487. The second kappa shape index (κ2) is 7.46. The lowest BCUT2D eigenvalue weighted by molar-refractivity contribution is -0.0327. The summed E-state index contributed by atoms with van der Waals surface area (Å²) in [7, 11) is 0. The number of hydrogen-bond donors (Lipinski definition) is 1. The van der Waals surface area contributed by atoms with Crippen LogP contribution in [0.4, 0.5) is 13.2 Å². The van der Waals surface area contributed by atoms with Gasteiger partial charge in [-0.25, -0.2) is 0 Å². The zero-order valence-electron chi connectivity index (χ0n) is 11.1. The summed E-state index contributed by atoms with van der Waals surface area (Å²) < 4.78 is 40.8. The molecule has 4 nitrogen and oxygen atoms in total. The van der Waals surface area contributed by atoms with Crippen LogP contribution < -0.4 is 5.32 Å². The molecule has 1 heterocycles. The maximum atomic E-state index is 11.9. The number of halogens is 3. The van der Waals surface area contributed by atoms with E-state index in [-0.39, 0.29) is 30.6 Å². The van der Waals surface area contributed by atoms with Gasteiger partial charge in [-0.15, -0.1) is 0 Å². The van der Waals surface area contributed by atoms with Crippen LogP contribution in [-0.4, -0.2) is 27.9 Å². The molecule has 1 N–H and O–H groups in total. The van der Waals surface area contributed by atoms with Crippen molar-refractivity contribution in [3.8, 4) is 0 Å². The minimum atomic E-state index is -4.19. The molecule has 0 atom stereocenters. The zero-order chi connectivity index (χ0) is 15.1. The highest BCUT2D eigenvalue weighted by Gasteiger charge is 2.27. The highest BCUT2D eigenvalue weighted by atomic mass is 32.2. The fraction of sp³-hybridized carbons (Fsp3) is 0.385. The third-order valence-electron chi connectivity index (χ3n) is 2.54. The molecule has 1 aromatic heterocycles. The first-order chi connectivity index (χ1) is 10.0. The minimum absolute atomic E-state index is 0.0471. The molecule has 21 heavy (non-hydrogen) atoms. The van der Waals surface area contributed by atoms with Crippen molar-refractivity contribution < 1.29 is 17.7 Å². The van der Waals surface area contributed by atoms with E-state index in [4.69, 9.17) is 4.52 Å². The summed E-state index contributed by atoms with van der Waals surface area (Å²) in [6, 6.07) is 9.70. The fourth-order valence-electron chi connectivity index (χ4n) is 1.65. The predicted octanol–water partition coefficient (Wildman–Crippen LogP) is 3.00. The molecule has 2 aromatic rings. The Labute approximate surface area is 124 Å². The molecule has 0 aliphatic carbocycles. The highest BCUT2D eigenvalue weighted by Crippen LogP contribution is 2.29. The number of thioether (sulfide) groups is 1. The molecule has 0 aliphatic rings. The van der Waals surface area contributed by atoms with Crippen LogP contribution in [0.3, 0.4) is 0 Å². The van der Waals surface area contributed by atoms with E-state index >= 15 is 0 Å². The molecule has 0 saturated heterocycles. The van der Waals surface area contributed by atoms with Crippen molar-refractivity contribution in [1.29, 1.82) is 0 Å². The Morgan fingerprint density at radius 1 is 1.19 bits per heavy atom. The van der Waals surface area contributed by atoms with Crippen molar-refractivity contribution in [2.45, 2.75) is 18.5 Å². The molecular weight excluding hydrogens is 303 g/mol. The Bertz CT molecular complexity index is 545. The van der Waals surface area contributed by atoms with Gasteiger partial charge in [-0.3, -0.25) is 0 Å². The largest absolute Gasteiger partial charge is 0.441 e. The van der Waals surface area contributed by atoms with Gasteiger partial charge >= 0.3 is 5.51 Å². The van der Waals surface area contributed by atoms with Crippen LogP contribution in [0, 0.1) is 0 Å². The molecule has 1 aromatic carbocycles. The van der Waals surface area contributed by atoms with Gasteiger partial charge in [0.05, 0.1) is 6.54 Å². The first-order valence-corrected chi connectivity index (χ1v) is 7.28. The average molecular weight is 317 g/mol. The number of alkyl halides is 3. The van der Waals surface area contributed by atoms with Gasteiger partial charge in [0.2, 0.25) is 5.89 Å². The standard InChI is InChI=1S/C13H14F3N3OS/c14-13(15,16)21-7-6-17-9-12-18-11(19-20-12)8-10-4-2-1-3-5-10/h1-5,17H,6-9H2. The number of benzene rings is 1. The molecule has 0 spiro atoms. The van der Waals surface area contributed by atoms with Gasteiger partial charge in [0.25, 0.3) is 0 Å². The van der Waals surface area contributed by atoms with Crippen molar-refractivity contribution in [1.82, 2.24) is 15.5 Å². The summed E-state index contributed by atoms with van der Waals surface area (Å²) in [5, 5.41) is 6.67. The van der Waals surface area contributed by atoms with E-state index < -0.39 is 5.51 Å². The quantitative estimate of drug-likeness (QED) is 0.796. The third-order valence-corrected chi connectivity index (χ3v) is 3.27. The minimum Gasteiger partial charge on any atom is -0.338 e. The highest BCUT2D eigenvalue weighted by molar-refractivity contribution is 8.00. The van der Waals surface area contributed by atoms with Crippen LogP contribution in [0.15, 0.2) is 34.9 Å². The Kier molecular flexibility index (Phi) is 5.63. The van der Waals surface area contributed by atoms with Crippen LogP contribution in [0.1, 0.15) is 17.3 Å². The van der Waals surface area contributed by atoms with Crippen molar-refractivity contribution >= 4 is 11.8 Å². The summed E-state index contributed by atoms with van der Waals surface area (Å²) in [4.78, 5) is 4.18. The lowest BCUT2D eigenvalue weighted by Gasteiger charge is -2.05. The number of hydrogen-bond acceptors (Lipinski definition) is 5. The van der Waals surface area contributed by atoms with Gasteiger partial charge in [0.1, 0.15) is 0 Å². The Hall–Kier alpha value is -1.54. The molecule has 114 valence electrons. The van der Waals surface area contributed by atoms with Crippen LogP contribution in [-0.2, 0) is 13.0 Å². The van der Waals surface area contributed by atoms with E-state index in [0.29, 0.717) is 18.1 Å². The number of rotatable bonds is 7. The second-order valence-corrected chi connectivity index (χ2v) is 5.40. The van der Waals surface area contributed by atoms with E-state index in [1.165, 1.54) is 0 Å². The topological polar surface area (TPSA) is 51.0 Å². The molecule has 0 bridgehead atoms. The molecule has 0 radical (unpaired) electrons. The molecular formula is C13H14F3N3OS. The molecule has 0 aliphatic heterocycles. The van der Waals surface area contributed by atoms with Crippen LogP contribution in [0.5, 0.6) is 0 Å². The number of nitrogens with one attached hydrogen (secondary N) is 1. The van der Waals surface area contributed by atoms with E-state index in [9.17, 15) is 13.2 Å². The fourth-order valence-corrected chi connectivity index (χ4v) is 2.12. The number of aromatic nitrogens is 2. The summed E-state index contributed by atoms with van der Waals surface area (Å²) in [6.07, 6.45) is 0.564. The first-order valence-electron chi connectivity index (χ1n) is 6.30. The first kappa shape index (κ1) is 15.8. The maximum absolute atomic E-state index is 11.9. The third kappa shape index (κ3) is 6.17. The van der Waals surface area contributed by atoms with Crippen molar-refractivity contribution in [3.63, 3.8) is 0 Å². The van der Waals surface area contributed by atoms with Crippen molar-refractivity contribution in [3.05, 3.63) is 47.6 Å². The maximum Gasteiger partial charge on any atom is 0.441 e. The summed E-state index contributed by atoms with van der Waals surface area (Å²) in [5.74, 6) is 0.884. The van der Waals surface area contributed by atoms with E-state index in [0.717, 1.165) is 5.56 Å². The van der Waals surface area contributed by atoms with Crippen LogP contribution >= 0.6 is 11.8 Å². The van der Waals surface area contributed by atoms with Crippen molar-refractivity contribution in [2.24, 2.45) is 0 Å². The molecule has 0 fully saturated rings. The van der Waals surface area contributed by atoms with Crippen LogP contribution in [0.25, 0.3) is 0 Å². The Balaban J connectivity index is 1.71. The Morgan fingerprint density at radius 2 is 1.95 bits per heavy atom. The molecule has 0 amide bonds. The van der Waals surface area contributed by atoms with Crippen molar-refractivity contribution in [2.75, 3.05) is 12.3 Å².